The molecular formula is C29H29ClN2O3. The van der Waals surface area contributed by atoms with E-state index in [1.165, 1.54) is 11.1 Å². The van der Waals surface area contributed by atoms with E-state index in [9.17, 15) is 4.79 Å². The number of fused-ring (bicyclic) bond motifs is 3. The van der Waals surface area contributed by atoms with Crippen molar-refractivity contribution in [1.82, 2.24) is 5.32 Å². The Kier molecular flexibility index (Phi) is 5.76. The van der Waals surface area contributed by atoms with Gasteiger partial charge in [-0.2, -0.15) is 0 Å². The molecule has 1 saturated heterocycles. The number of amides is 1. The van der Waals surface area contributed by atoms with Crippen molar-refractivity contribution in [2.45, 2.75) is 38.5 Å². The first-order valence-corrected chi connectivity index (χ1v) is 12.1. The van der Waals surface area contributed by atoms with Gasteiger partial charge in [-0.15, -0.1) is 0 Å². The first-order chi connectivity index (χ1) is 16.7. The summed E-state index contributed by atoms with van der Waals surface area (Å²) in [6, 6.07) is 19.9. The molecule has 2 aliphatic heterocycles. The van der Waals surface area contributed by atoms with E-state index in [2.05, 4.69) is 55.3 Å². The van der Waals surface area contributed by atoms with E-state index >= 15 is 0 Å². The quantitative estimate of drug-likeness (QED) is 0.471. The maximum absolute atomic E-state index is 12.6. The molecule has 0 spiro atoms. The zero-order chi connectivity index (χ0) is 24.8. The van der Waals surface area contributed by atoms with E-state index < -0.39 is 5.66 Å². The lowest BCUT2D eigenvalue weighted by Crippen LogP contribution is -2.58. The van der Waals surface area contributed by atoms with Gasteiger partial charge < -0.3 is 19.7 Å². The number of ether oxygens (including phenoxy) is 2. The van der Waals surface area contributed by atoms with Crippen LogP contribution in [0.5, 0.6) is 11.5 Å². The lowest BCUT2D eigenvalue weighted by Gasteiger charge is -2.40. The molecule has 3 aromatic rings. The number of hydrogen-bond donors (Lipinski definition) is 1. The van der Waals surface area contributed by atoms with Gasteiger partial charge in [-0.1, -0.05) is 67.4 Å². The Balaban J connectivity index is 1.43. The molecule has 0 unspecified atom stereocenters. The summed E-state index contributed by atoms with van der Waals surface area (Å²) >= 11 is 6.08. The number of aryl methyl sites for hydroxylation is 1. The second-order valence-corrected chi connectivity index (χ2v) is 10.1. The van der Waals surface area contributed by atoms with E-state index in [4.69, 9.17) is 21.1 Å². The highest BCUT2D eigenvalue weighted by molar-refractivity contribution is 6.30. The molecule has 5 rings (SSSR count). The van der Waals surface area contributed by atoms with Crippen LogP contribution in [0.1, 0.15) is 36.1 Å². The zero-order valence-corrected chi connectivity index (χ0v) is 21.1. The SMILES string of the molecule is COc1cc(/C=C/[C@]23NC(=O)CN2c2ccc(C)cc2C3(C)C)ccc1OCc1cccc(Cl)c1. The smallest absolute Gasteiger partial charge is 0.241 e. The van der Waals surface area contributed by atoms with Crippen LogP contribution in [-0.2, 0) is 16.8 Å². The van der Waals surface area contributed by atoms with Crippen LogP contribution in [0, 0.1) is 6.92 Å². The highest BCUT2D eigenvalue weighted by atomic mass is 35.5. The Hall–Kier alpha value is -3.44. The molecule has 6 heteroatoms. The van der Waals surface area contributed by atoms with Gasteiger partial charge >= 0.3 is 0 Å². The molecule has 5 nitrogen and oxygen atoms in total. The summed E-state index contributed by atoms with van der Waals surface area (Å²) in [5, 5.41) is 3.95. The number of halogens is 1. The van der Waals surface area contributed by atoms with Crippen molar-refractivity contribution in [2.75, 3.05) is 18.6 Å². The van der Waals surface area contributed by atoms with Crippen molar-refractivity contribution in [1.29, 1.82) is 0 Å². The average Bonchev–Trinajstić information content (AvgIpc) is 3.26. The van der Waals surface area contributed by atoms with Crippen LogP contribution < -0.4 is 19.7 Å². The molecule has 180 valence electrons. The maximum Gasteiger partial charge on any atom is 0.241 e. The summed E-state index contributed by atoms with van der Waals surface area (Å²) in [5.74, 6) is 1.32. The van der Waals surface area contributed by atoms with Crippen LogP contribution in [-0.4, -0.2) is 25.2 Å². The van der Waals surface area contributed by atoms with Crippen molar-refractivity contribution in [3.8, 4) is 11.5 Å². The topological polar surface area (TPSA) is 50.8 Å². The maximum atomic E-state index is 12.6. The highest BCUT2D eigenvalue weighted by Crippen LogP contribution is 2.53. The molecule has 3 aromatic carbocycles. The van der Waals surface area contributed by atoms with Crippen LogP contribution in [0.25, 0.3) is 6.08 Å². The van der Waals surface area contributed by atoms with E-state index in [0.717, 1.165) is 16.8 Å². The number of carbonyl (C=O) groups excluding carboxylic acids is 1. The van der Waals surface area contributed by atoms with Gasteiger partial charge in [0.05, 0.1) is 13.7 Å². The average molecular weight is 489 g/mol. The number of hydrogen-bond acceptors (Lipinski definition) is 4. The van der Waals surface area contributed by atoms with Gasteiger partial charge in [0, 0.05) is 16.1 Å². The monoisotopic (exact) mass is 488 g/mol. The fourth-order valence-electron chi connectivity index (χ4n) is 5.20. The second-order valence-electron chi connectivity index (χ2n) is 9.71. The first-order valence-electron chi connectivity index (χ1n) is 11.7. The van der Waals surface area contributed by atoms with E-state index in [0.29, 0.717) is 29.7 Å². The number of benzene rings is 3. The second kappa shape index (κ2) is 8.65. The molecule has 0 saturated carbocycles. The Morgan fingerprint density at radius 3 is 2.69 bits per heavy atom. The summed E-state index contributed by atoms with van der Waals surface area (Å²) in [5.41, 5.74) is 4.53. The van der Waals surface area contributed by atoms with Gasteiger partial charge in [0.25, 0.3) is 0 Å². The Labute approximate surface area is 211 Å². The molecule has 2 aliphatic rings. The lowest BCUT2D eigenvalue weighted by atomic mass is 9.75. The molecule has 1 atom stereocenters. The summed E-state index contributed by atoms with van der Waals surface area (Å²) in [4.78, 5) is 14.7. The van der Waals surface area contributed by atoms with E-state index in [1.54, 1.807) is 7.11 Å². The van der Waals surface area contributed by atoms with Gasteiger partial charge in [0.1, 0.15) is 12.3 Å². The molecule has 0 radical (unpaired) electrons. The third kappa shape index (κ3) is 3.94. The number of rotatable bonds is 6. The molecule has 1 amide bonds. The normalized spacial score (nSPS) is 20.0. The molecule has 2 heterocycles. The Morgan fingerprint density at radius 1 is 1.09 bits per heavy atom. The predicted octanol–water partition coefficient (Wildman–Crippen LogP) is 5.87. The molecule has 0 aromatic heterocycles. The van der Waals surface area contributed by atoms with Gasteiger partial charge in [-0.05, 0) is 60.0 Å². The third-order valence-electron chi connectivity index (χ3n) is 7.11. The zero-order valence-electron chi connectivity index (χ0n) is 20.4. The first kappa shape index (κ1) is 23.3. The highest BCUT2D eigenvalue weighted by Gasteiger charge is 2.59. The Bertz CT molecular complexity index is 1330. The summed E-state index contributed by atoms with van der Waals surface area (Å²) in [7, 11) is 1.63. The lowest BCUT2D eigenvalue weighted by molar-refractivity contribution is -0.118. The number of methoxy groups -OCH3 is 1. The van der Waals surface area contributed by atoms with Crippen molar-refractivity contribution < 1.29 is 14.3 Å². The van der Waals surface area contributed by atoms with Crippen molar-refractivity contribution in [3.05, 3.63) is 94.0 Å². The third-order valence-corrected chi connectivity index (χ3v) is 7.35. The minimum Gasteiger partial charge on any atom is -0.493 e. The molecule has 35 heavy (non-hydrogen) atoms. The molecule has 0 bridgehead atoms. The fraction of sp³-hybridized carbons (Fsp3) is 0.276. The van der Waals surface area contributed by atoms with Crippen molar-refractivity contribution in [3.63, 3.8) is 0 Å². The van der Waals surface area contributed by atoms with Crippen LogP contribution in [0.4, 0.5) is 5.69 Å². The van der Waals surface area contributed by atoms with Crippen molar-refractivity contribution in [2.24, 2.45) is 0 Å². The largest absolute Gasteiger partial charge is 0.493 e. The molecule has 1 N–H and O–H groups in total. The molecular weight excluding hydrogens is 460 g/mol. The Morgan fingerprint density at radius 2 is 1.91 bits per heavy atom. The van der Waals surface area contributed by atoms with E-state index in [-0.39, 0.29) is 11.3 Å². The minimum atomic E-state index is -0.644. The van der Waals surface area contributed by atoms with Gasteiger partial charge in [-0.25, -0.2) is 0 Å². The number of anilines is 1. The molecule has 0 aliphatic carbocycles. The summed E-state index contributed by atoms with van der Waals surface area (Å²) in [6.07, 6.45) is 4.15. The predicted molar refractivity (Wildman–Crippen MR) is 140 cm³/mol. The van der Waals surface area contributed by atoms with Crippen molar-refractivity contribution >= 4 is 29.3 Å². The fourth-order valence-corrected chi connectivity index (χ4v) is 5.41. The van der Waals surface area contributed by atoms with Crippen LogP contribution in [0.3, 0.4) is 0 Å². The van der Waals surface area contributed by atoms with Gasteiger partial charge in [0.2, 0.25) is 5.91 Å². The minimum absolute atomic E-state index is 0.0243. The standard InChI is InChI=1S/C29H29ClN2O3/c1-19-8-10-24-23(14-19)28(2,3)29(31-27(33)17-32(24)29)13-12-20-9-11-25(26(16-20)34-4)35-18-21-6-5-7-22(30)15-21/h5-16H,17-18H2,1-4H3,(H,31,33)/b13-12+/t29-/m0/s1. The number of nitrogens with one attached hydrogen (secondary N) is 1. The summed E-state index contributed by atoms with van der Waals surface area (Å²) in [6.45, 7) is 7.21. The van der Waals surface area contributed by atoms with Crippen LogP contribution in [0.15, 0.2) is 66.7 Å². The van der Waals surface area contributed by atoms with Crippen LogP contribution in [0.2, 0.25) is 5.02 Å². The van der Waals surface area contributed by atoms with Gasteiger partial charge in [0.15, 0.2) is 11.5 Å². The van der Waals surface area contributed by atoms with Gasteiger partial charge in [-0.3, -0.25) is 4.79 Å². The number of nitrogens with zero attached hydrogens (tertiary/aromatic N) is 1. The number of carbonyl (C=O) groups is 1. The summed E-state index contributed by atoms with van der Waals surface area (Å²) < 4.78 is 11.6. The molecule has 1 fully saturated rings. The van der Waals surface area contributed by atoms with Crippen LogP contribution >= 0.6 is 11.6 Å². The van der Waals surface area contributed by atoms with E-state index in [1.807, 2.05) is 48.5 Å².